The fourth-order valence-corrected chi connectivity index (χ4v) is 6.26. The van der Waals surface area contributed by atoms with Crippen LogP contribution >= 0.6 is 11.6 Å². The summed E-state index contributed by atoms with van der Waals surface area (Å²) in [6.07, 6.45) is 22.8. The summed E-state index contributed by atoms with van der Waals surface area (Å²) >= 11 is 7.63. The van der Waals surface area contributed by atoms with E-state index in [0.29, 0.717) is 5.92 Å². The van der Waals surface area contributed by atoms with E-state index in [1.165, 1.54) is 113 Å². The van der Waals surface area contributed by atoms with E-state index in [1.54, 1.807) is 0 Å². The lowest BCUT2D eigenvalue weighted by molar-refractivity contribution is 0.299. The van der Waals surface area contributed by atoms with Crippen molar-refractivity contribution in [2.45, 2.75) is 135 Å². The van der Waals surface area contributed by atoms with Crippen LogP contribution in [0.2, 0.25) is 0 Å². The molecule has 0 aliphatic heterocycles. The van der Waals surface area contributed by atoms with Crippen LogP contribution in [-0.4, -0.2) is 0 Å². The van der Waals surface area contributed by atoms with E-state index in [4.69, 9.17) is 11.6 Å². The number of hydrogen-bond acceptors (Lipinski definition) is 0. The Hall–Kier alpha value is -1.01. The Balaban J connectivity index is 1.85. The highest BCUT2D eigenvalue weighted by Gasteiger charge is 2.37. The van der Waals surface area contributed by atoms with Gasteiger partial charge in [0.25, 0.3) is 0 Å². The van der Waals surface area contributed by atoms with Gasteiger partial charge in [0, 0.05) is 0 Å². The summed E-state index contributed by atoms with van der Waals surface area (Å²) in [6.45, 7) is 6.90. The van der Waals surface area contributed by atoms with E-state index in [0.717, 1.165) is 12.8 Å². The second-order valence-electron chi connectivity index (χ2n) is 10.3. The molecule has 0 heterocycles. The molecule has 2 unspecified atom stereocenters. The summed E-state index contributed by atoms with van der Waals surface area (Å²) in [7, 11) is 0. The minimum atomic E-state index is -0.247. The molecule has 0 fully saturated rings. The Morgan fingerprint density at radius 1 is 0.606 bits per heavy atom. The van der Waals surface area contributed by atoms with Crippen LogP contribution in [0.15, 0.2) is 42.5 Å². The Labute approximate surface area is 210 Å². The molecule has 1 heteroatoms. The summed E-state index contributed by atoms with van der Waals surface area (Å²) in [5.41, 5.74) is 1.36. The van der Waals surface area contributed by atoms with Crippen molar-refractivity contribution in [1.29, 1.82) is 0 Å². The number of benzene rings is 2. The third kappa shape index (κ3) is 9.28. The zero-order chi connectivity index (χ0) is 23.8. The lowest BCUT2D eigenvalue weighted by Gasteiger charge is -2.37. The Kier molecular flexibility index (Phi) is 14.2. The molecular formula is C32H51Cl. The SMILES string of the molecule is CCCCCCCCCCCCCCC(CCC)C(Cl)(CCC)c1cccc2ccccc12. The first kappa shape index (κ1) is 28.2. The molecule has 0 bridgehead atoms. The minimum Gasteiger partial charge on any atom is -0.114 e. The fraction of sp³-hybridized carbons (Fsp3) is 0.688. The highest BCUT2D eigenvalue weighted by atomic mass is 35.5. The Bertz CT molecular complexity index is 746. The first-order chi connectivity index (χ1) is 16.2. The number of hydrogen-bond donors (Lipinski definition) is 0. The summed E-state index contributed by atoms with van der Waals surface area (Å²) in [4.78, 5) is -0.247. The summed E-state index contributed by atoms with van der Waals surface area (Å²) in [6, 6.07) is 15.5. The number of fused-ring (bicyclic) bond motifs is 1. The van der Waals surface area contributed by atoms with Gasteiger partial charge in [-0.2, -0.15) is 0 Å². The van der Waals surface area contributed by atoms with Crippen LogP contribution in [0.25, 0.3) is 10.8 Å². The first-order valence-corrected chi connectivity index (χ1v) is 14.7. The van der Waals surface area contributed by atoms with Crippen molar-refractivity contribution in [2.24, 2.45) is 5.92 Å². The first-order valence-electron chi connectivity index (χ1n) is 14.3. The number of unbranched alkanes of at least 4 members (excludes halogenated alkanes) is 11. The molecule has 2 rings (SSSR count). The average molecular weight is 471 g/mol. The molecule has 0 nitrogen and oxygen atoms in total. The van der Waals surface area contributed by atoms with Gasteiger partial charge in [0.1, 0.15) is 0 Å². The normalized spacial score (nSPS) is 14.4. The van der Waals surface area contributed by atoms with E-state index in [9.17, 15) is 0 Å². The summed E-state index contributed by atoms with van der Waals surface area (Å²) < 4.78 is 0. The van der Waals surface area contributed by atoms with Crippen molar-refractivity contribution in [2.75, 3.05) is 0 Å². The third-order valence-corrected chi connectivity index (χ3v) is 8.24. The van der Waals surface area contributed by atoms with Crippen LogP contribution in [-0.2, 0) is 4.87 Å². The number of alkyl halides is 1. The van der Waals surface area contributed by atoms with Gasteiger partial charge in [0.15, 0.2) is 0 Å². The molecular weight excluding hydrogens is 420 g/mol. The van der Waals surface area contributed by atoms with Gasteiger partial charge in [-0.15, -0.1) is 11.6 Å². The van der Waals surface area contributed by atoms with Gasteiger partial charge < -0.3 is 0 Å². The van der Waals surface area contributed by atoms with Crippen LogP contribution in [0.1, 0.15) is 135 Å². The molecule has 2 aromatic carbocycles. The van der Waals surface area contributed by atoms with Crippen LogP contribution in [0.5, 0.6) is 0 Å². The van der Waals surface area contributed by atoms with Gasteiger partial charge in [-0.3, -0.25) is 0 Å². The monoisotopic (exact) mass is 470 g/mol. The molecule has 0 aliphatic rings. The van der Waals surface area contributed by atoms with Crippen LogP contribution in [0, 0.1) is 5.92 Å². The molecule has 0 aromatic heterocycles. The maximum absolute atomic E-state index is 7.63. The summed E-state index contributed by atoms with van der Waals surface area (Å²) in [5, 5.41) is 2.66. The summed E-state index contributed by atoms with van der Waals surface area (Å²) in [5.74, 6) is 0.554. The zero-order valence-corrected chi connectivity index (χ0v) is 22.8. The third-order valence-electron chi connectivity index (χ3n) is 7.54. The standard InChI is InChI=1S/C32H51Cl/c1-4-7-8-9-10-11-12-13-14-15-16-17-24-29(21-5-2)32(33,27-6-3)31-26-20-23-28-22-18-19-25-30(28)31/h18-20,22-23,25-26,29H,4-17,21,24,27H2,1-3H3. The smallest absolute Gasteiger partial charge is 0.0728 e. The van der Waals surface area contributed by atoms with Crippen molar-refractivity contribution in [3.63, 3.8) is 0 Å². The van der Waals surface area contributed by atoms with Crippen LogP contribution < -0.4 is 0 Å². The lowest BCUT2D eigenvalue weighted by Crippen LogP contribution is -2.30. The van der Waals surface area contributed by atoms with Gasteiger partial charge in [-0.05, 0) is 41.5 Å². The predicted molar refractivity (Wildman–Crippen MR) is 150 cm³/mol. The predicted octanol–water partition coefficient (Wildman–Crippen LogP) is 11.6. The van der Waals surface area contributed by atoms with Crippen molar-refractivity contribution in [1.82, 2.24) is 0 Å². The maximum Gasteiger partial charge on any atom is 0.0728 e. The van der Waals surface area contributed by atoms with E-state index in [1.807, 2.05) is 0 Å². The highest BCUT2D eigenvalue weighted by Crippen LogP contribution is 2.47. The Morgan fingerprint density at radius 2 is 1.18 bits per heavy atom. The largest absolute Gasteiger partial charge is 0.114 e. The Morgan fingerprint density at radius 3 is 1.79 bits per heavy atom. The van der Waals surface area contributed by atoms with Crippen LogP contribution in [0.4, 0.5) is 0 Å². The van der Waals surface area contributed by atoms with Gasteiger partial charge in [-0.25, -0.2) is 0 Å². The van der Waals surface area contributed by atoms with E-state index >= 15 is 0 Å². The van der Waals surface area contributed by atoms with Crippen molar-refractivity contribution in [3.8, 4) is 0 Å². The second kappa shape index (κ2) is 16.6. The molecule has 0 radical (unpaired) electrons. The van der Waals surface area contributed by atoms with Gasteiger partial charge >= 0.3 is 0 Å². The molecule has 0 spiro atoms. The zero-order valence-electron chi connectivity index (χ0n) is 22.0. The van der Waals surface area contributed by atoms with Crippen molar-refractivity contribution < 1.29 is 0 Å². The molecule has 2 aromatic rings. The lowest BCUT2D eigenvalue weighted by atomic mass is 9.75. The van der Waals surface area contributed by atoms with E-state index in [-0.39, 0.29) is 4.87 Å². The molecule has 186 valence electrons. The average Bonchev–Trinajstić information content (AvgIpc) is 2.83. The van der Waals surface area contributed by atoms with Gasteiger partial charge in [0.05, 0.1) is 4.87 Å². The van der Waals surface area contributed by atoms with Crippen molar-refractivity contribution >= 4 is 22.4 Å². The highest BCUT2D eigenvalue weighted by molar-refractivity contribution is 6.25. The topological polar surface area (TPSA) is 0 Å². The number of halogens is 1. The van der Waals surface area contributed by atoms with Crippen LogP contribution in [0.3, 0.4) is 0 Å². The molecule has 33 heavy (non-hydrogen) atoms. The second-order valence-corrected chi connectivity index (χ2v) is 11.0. The fourth-order valence-electron chi connectivity index (χ4n) is 5.69. The number of rotatable bonds is 19. The van der Waals surface area contributed by atoms with E-state index in [2.05, 4.69) is 63.2 Å². The van der Waals surface area contributed by atoms with Gasteiger partial charge in [-0.1, -0.05) is 153 Å². The molecule has 0 saturated carbocycles. The molecule has 2 atom stereocenters. The maximum atomic E-state index is 7.63. The van der Waals surface area contributed by atoms with Gasteiger partial charge in [0.2, 0.25) is 0 Å². The molecule has 0 saturated heterocycles. The minimum absolute atomic E-state index is 0.247. The van der Waals surface area contributed by atoms with E-state index < -0.39 is 0 Å². The molecule has 0 aliphatic carbocycles. The van der Waals surface area contributed by atoms with Crippen molar-refractivity contribution in [3.05, 3.63) is 48.0 Å². The molecule has 0 N–H and O–H groups in total. The quantitative estimate of drug-likeness (QED) is 0.141. The molecule has 0 amide bonds.